The van der Waals surface area contributed by atoms with Gasteiger partial charge in [0, 0.05) is 30.5 Å². The second-order valence-electron chi connectivity index (χ2n) is 10.0. The summed E-state index contributed by atoms with van der Waals surface area (Å²) in [5.41, 5.74) is -0.356. The molecule has 1 aromatic carbocycles. The van der Waals surface area contributed by atoms with Gasteiger partial charge in [0.05, 0.1) is 18.7 Å². The first kappa shape index (κ1) is 30.2. The molecule has 1 aromatic heterocycles. The van der Waals surface area contributed by atoms with E-state index >= 15 is 0 Å². The molecule has 1 aliphatic carbocycles. The molecule has 1 N–H and O–H groups in total. The summed E-state index contributed by atoms with van der Waals surface area (Å²) < 4.78 is 54.4. The topological polar surface area (TPSA) is 120 Å². The molecule has 1 heterocycles. The largest absolute Gasteiger partial charge is 0.493 e. The van der Waals surface area contributed by atoms with Crippen molar-refractivity contribution in [3.05, 3.63) is 23.6 Å². The number of rotatable bonds is 7. The van der Waals surface area contributed by atoms with Crippen LogP contribution in [0.25, 0.3) is 10.9 Å². The van der Waals surface area contributed by atoms with Gasteiger partial charge >= 0.3 is 18.2 Å². The maximum Gasteiger partial charge on any atom is 0.471 e. The molecule has 1 aliphatic rings. The lowest BCUT2D eigenvalue weighted by molar-refractivity contribution is -0.173. The van der Waals surface area contributed by atoms with Crippen molar-refractivity contribution in [1.29, 1.82) is 0 Å². The zero-order valence-electron chi connectivity index (χ0n) is 21.9. The summed E-state index contributed by atoms with van der Waals surface area (Å²) in [5, 5.41) is 2.52. The van der Waals surface area contributed by atoms with Crippen LogP contribution in [0.5, 0.6) is 11.5 Å². The molecule has 3 amide bonds. The van der Waals surface area contributed by atoms with E-state index in [1.165, 1.54) is 13.4 Å². The summed E-state index contributed by atoms with van der Waals surface area (Å²) in [5.74, 6) is -2.44. The molecule has 0 saturated heterocycles. The fourth-order valence-corrected chi connectivity index (χ4v) is 4.30. The van der Waals surface area contributed by atoms with E-state index in [1.807, 2.05) is 0 Å². The van der Waals surface area contributed by atoms with Gasteiger partial charge in [-0.1, -0.05) is 11.6 Å². The van der Waals surface area contributed by atoms with Crippen LogP contribution in [0.1, 0.15) is 46.5 Å². The minimum atomic E-state index is -5.08. The molecule has 3 rings (SSSR count). The number of amides is 3. The Bertz CT molecular complexity index is 1210. The second-order valence-corrected chi connectivity index (χ2v) is 10.4. The summed E-state index contributed by atoms with van der Waals surface area (Å²) in [6.45, 7) is 3.75. The quantitative estimate of drug-likeness (QED) is 0.474. The third-order valence-electron chi connectivity index (χ3n) is 5.95. The molecule has 0 atom stereocenters. The van der Waals surface area contributed by atoms with Crippen molar-refractivity contribution in [3.8, 4) is 11.5 Å². The predicted molar refractivity (Wildman–Crippen MR) is 134 cm³/mol. The van der Waals surface area contributed by atoms with Crippen LogP contribution in [0.4, 0.5) is 18.0 Å². The third-order valence-corrected chi connectivity index (χ3v) is 6.25. The van der Waals surface area contributed by atoms with Crippen LogP contribution in [0, 0.1) is 5.92 Å². The molecule has 39 heavy (non-hydrogen) atoms. The Labute approximate surface area is 228 Å². The number of ether oxygens (including phenoxy) is 3. The molecule has 1 saturated carbocycles. The number of fused-ring (bicyclic) bond motifs is 1. The van der Waals surface area contributed by atoms with Crippen molar-refractivity contribution in [2.45, 2.75) is 64.3 Å². The van der Waals surface area contributed by atoms with Gasteiger partial charge < -0.3 is 19.5 Å². The minimum Gasteiger partial charge on any atom is -0.493 e. The average Bonchev–Trinajstić information content (AvgIpc) is 2.85. The van der Waals surface area contributed by atoms with Gasteiger partial charge in [0.25, 0.3) is 0 Å². The highest BCUT2D eigenvalue weighted by molar-refractivity contribution is 6.34. The molecule has 0 aliphatic heterocycles. The summed E-state index contributed by atoms with van der Waals surface area (Å²) in [4.78, 5) is 46.0. The lowest BCUT2D eigenvalue weighted by atomic mass is 9.86. The lowest BCUT2D eigenvalue weighted by Crippen LogP contribution is -2.49. The first-order valence-electron chi connectivity index (χ1n) is 12.2. The molecule has 10 nitrogen and oxygen atoms in total. The average molecular weight is 575 g/mol. The Balaban J connectivity index is 1.66. The van der Waals surface area contributed by atoms with Crippen LogP contribution in [0.15, 0.2) is 18.5 Å². The lowest BCUT2D eigenvalue weighted by Gasteiger charge is -2.32. The number of imide groups is 1. The summed E-state index contributed by atoms with van der Waals surface area (Å²) in [6, 6.07) is 3.37. The number of nitrogens with zero attached hydrogens (tertiary/aromatic N) is 3. The van der Waals surface area contributed by atoms with Gasteiger partial charge in [-0.05, 0) is 52.5 Å². The van der Waals surface area contributed by atoms with Crippen LogP contribution >= 0.6 is 11.6 Å². The minimum absolute atomic E-state index is 0.260. The second kappa shape index (κ2) is 12.2. The highest BCUT2D eigenvalue weighted by Gasteiger charge is 2.39. The van der Waals surface area contributed by atoms with Crippen molar-refractivity contribution in [2.75, 3.05) is 20.2 Å². The number of hydrogen-bond donors (Lipinski definition) is 1. The molecule has 0 bridgehead atoms. The molecule has 14 heteroatoms. The van der Waals surface area contributed by atoms with Gasteiger partial charge in [-0.25, -0.2) is 19.7 Å². The molecule has 0 radical (unpaired) electrons. The Morgan fingerprint density at radius 3 is 2.33 bits per heavy atom. The third kappa shape index (κ3) is 8.07. The number of alkyl halides is 3. The predicted octanol–water partition coefficient (Wildman–Crippen LogP) is 4.67. The first-order chi connectivity index (χ1) is 18.2. The number of hydrogen-bond acceptors (Lipinski definition) is 8. The number of aromatic nitrogens is 2. The van der Waals surface area contributed by atoms with Crippen molar-refractivity contribution < 1.29 is 41.8 Å². The van der Waals surface area contributed by atoms with E-state index < -0.39 is 48.7 Å². The Morgan fingerprint density at radius 1 is 1.08 bits per heavy atom. The van der Waals surface area contributed by atoms with E-state index in [0.717, 1.165) is 4.90 Å². The van der Waals surface area contributed by atoms with Gasteiger partial charge in [0.15, 0.2) is 11.5 Å². The van der Waals surface area contributed by atoms with Crippen LogP contribution in [-0.2, 0) is 14.3 Å². The van der Waals surface area contributed by atoms with Crippen molar-refractivity contribution in [3.63, 3.8) is 0 Å². The smallest absolute Gasteiger partial charge is 0.471 e. The van der Waals surface area contributed by atoms with E-state index in [9.17, 15) is 27.6 Å². The zero-order valence-corrected chi connectivity index (χ0v) is 22.7. The Kier molecular flexibility index (Phi) is 9.47. The highest BCUT2D eigenvalue weighted by Crippen LogP contribution is 2.37. The molecular formula is C25H30ClF3N4O6. The summed E-state index contributed by atoms with van der Waals surface area (Å²) >= 11 is 6.19. The number of carbonyl (C=O) groups excluding carboxylic acids is 3. The maximum absolute atomic E-state index is 13.2. The molecule has 0 unspecified atom stereocenters. The van der Waals surface area contributed by atoms with E-state index in [0.29, 0.717) is 48.1 Å². The zero-order chi connectivity index (χ0) is 29.0. The van der Waals surface area contributed by atoms with Crippen LogP contribution in [0.3, 0.4) is 0 Å². The molecular weight excluding hydrogens is 545 g/mol. The number of methoxy groups -OCH3 is 1. The van der Waals surface area contributed by atoms with Crippen molar-refractivity contribution in [2.24, 2.45) is 5.92 Å². The van der Waals surface area contributed by atoms with E-state index in [2.05, 4.69) is 9.97 Å². The van der Waals surface area contributed by atoms with Crippen molar-refractivity contribution >= 4 is 40.4 Å². The SMILES string of the molecule is COc1cc2ncnc(Cl)c2cc1OC1CCC(C(=O)N(CCNC(=O)C(F)(F)F)C(=O)OC(C)(C)C)CC1. The van der Waals surface area contributed by atoms with Gasteiger partial charge in [0.2, 0.25) is 5.91 Å². The van der Waals surface area contributed by atoms with E-state index in [4.69, 9.17) is 25.8 Å². The van der Waals surface area contributed by atoms with Gasteiger partial charge in [0.1, 0.15) is 17.1 Å². The standard InChI is InChI=1S/C25H30ClF3N4O6/c1-24(2,3)39-23(36)33(10-9-30-22(35)25(27,28)29)21(34)14-5-7-15(8-6-14)38-19-11-16-17(12-18(19)37-4)31-13-32-20(16)26/h11-15H,5-10H2,1-4H3,(H,30,35). The number of nitrogens with one attached hydrogen (secondary N) is 1. The molecule has 2 aromatic rings. The van der Waals surface area contributed by atoms with E-state index in [-0.39, 0.29) is 11.3 Å². The first-order valence-corrected chi connectivity index (χ1v) is 12.6. The normalized spacial score (nSPS) is 17.8. The van der Waals surface area contributed by atoms with Gasteiger partial charge in [-0.2, -0.15) is 13.2 Å². The molecule has 0 spiro atoms. The van der Waals surface area contributed by atoms with E-state index in [1.54, 1.807) is 38.2 Å². The number of carbonyl (C=O) groups is 3. The summed E-state index contributed by atoms with van der Waals surface area (Å²) in [7, 11) is 1.49. The van der Waals surface area contributed by atoms with Crippen LogP contribution in [0.2, 0.25) is 5.15 Å². The van der Waals surface area contributed by atoms with Gasteiger partial charge in [-0.3, -0.25) is 9.59 Å². The fourth-order valence-electron chi connectivity index (χ4n) is 4.10. The van der Waals surface area contributed by atoms with Crippen LogP contribution < -0.4 is 14.8 Å². The van der Waals surface area contributed by atoms with Gasteiger partial charge in [-0.15, -0.1) is 0 Å². The fraction of sp³-hybridized carbons (Fsp3) is 0.560. The monoisotopic (exact) mass is 574 g/mol. The highest BCUT2D eigenvalue weighted by atomic mass is 35.5. The van der Waals surface area contributed by atoms with Crippen molar-refractivity contribution in [1.82, 2.24) is 20.2 Å². The Morgan fingerprint density at radius 2 is 1.74 bits per heavy atom. The molecule has 1 fully saturated rings. The number of halogens is 4. The van der Waals surface area contributed by atoms with Crippen LogP contribution in [-0.4, -0.2) is 70.9 Å². The summed E-state index contributed by atoms with van der Waals surface area (Å²) in [6.07, 6.45) is -3.36. The molecule has 214 valence electrons. The maximum atomic E-state index is 13.2. The Hall–Kier alpha value is -3.35. The number of benzene rings is 1.